The van der Waals surface area contributed by atoms with Gasteiger partial charge in [0.1, 0.15) is 5.82 Å². The molecule has 0 aliphatic rings. The van der Waals surface area contributed by atoms with E-state index in [0.29, 0.717) is 6.04 Å². The van der Waals surface area contributed by atoms with Gasteiger partial charge in [-0.25, -0.2) is 9.97 Å². The average Bonchev–Trinajstić information content (AvgIpc) is 2.95. The molecule has 2 aromatic heterocycles. The summed E-state index contributed by atoms with van der Waals surface area (Å²) < 4.78 is 0. The number of hydrogen-bond donors (Lipinski definition) is 2. The molecule has 0 saturated carbocycles. The van der Waals surface area contributed by atoms with Gasteiger partial charge in [0, 0.05) is 23.3 Å². The lowest BCUT2D eigenvalue weighted by Crippen LogP contribution is -2.25. The molecule has 5 heteroatoms. The molecule has 0 spiro atoms. The van der Waals surface area contributed by atoms with Crippen molar-refractivity contribution in [2.45, 2.75) is 46.2 Å². The topological polar surface area (TPSA) is 53.6 Å². The highest BCUT2D eigenvalue weighted by Crippen LogP contribution is 2.27. The molecule has 0 aliphatic carbocycles. The number of aryl methyl sites for hydroxylation is 2. The summed E-state index contributed by atoms with van der Waals surface area (Å²) in [6, 6.07) is 0.558. The third-order valence-electron chi connectivity index (χ3n) is 3.04. The first-order chi connectivity index (χ1) is 8.61. The van der Waals surface area contributed by atoms with E-state index in [9.17, 15) is 0 Å². The molecule has 2 atom stereocenters. The highest BCUT2D eigenvalue weighted by Gasteiger charge is 2.18. The fourth-order valence-corrected chi connectivity index (χ4v) is 3.12. The van der Waals surface area contributed by atoms with Crippen molar-refractivity contribution in [3.63, 3.8) is 0 Å². The zero-order valence-corrected chi connectivity index (χ0v) is 12.1. The number of aromatic amines is 1. The number of nitrogens with one attached hydrogen (secondary N) is 2. The minimum Gasteiger partial charge on any atom is -0.347 e. The quantitative estimate of drug-likeness (QED) is 0.871. The molecule has 2 unspecified atom stereocenters. The fraction of sp³-hybridized carbons (Fsp3) is 0.538. The number of imidazole rings is 1. The highest BCUT2D eigenvalue weighted by molar-refractivity contribution is 7.11. The van der Waals surface area contributed by atoms with Gasteiger partial charge in [-0.3, -0.25) is 5.32 Å². The van der Waals surface area contributed by atoms with Crippen molar-refractivity contribution in [2.24, 2.45) is 0 Å². The molecule has 2 rings (SSSR count). The average molecular weight is 264 g/mol. The summed E-state index contributed by atoms with van der Waals surface area (Å²) >= 11 is 1.77. The largest absolute Gasteiger partial charge is 0.347 e. The lowest BCUT2D eigenvalue weighted by Gasteiger charge is -2.20. The van der Waals surface area contributed by atoms with Gasteiger partial charge < -0.3 is 4.98 Å². The summed E-state index contributed by atoms with van der Waals surface area (Å²) in [6.45, 7) is 8.48. The van der Waals surface area contributed by atoms with Gasteiger partial charge >= 0.3 is 0 Å². The molecular weight excluding hydrogens is 244 g/mol. The molecule has 18 heavy (non-hydrogen) atoms. The molecule has 0 fully saturated rings. The van der Waals surface area contributed by atoms with E-state index in [1.807, 2.05) is 6.20 Å². The van der Waals surface area contributed by atoms with Gasteiger partial charge in [-0.15, -0.1) is 11.3 Å². The second-order valence-electron chi connectivity index (χ2n) is 4.51. The Kier molecular flexibility index (Phi) is 4.14. The Morgan fingerprint density at radius 3 is 2.72 bits per heavy atom. The van der Waals surface area contributed by atoms with Crippen LogP contribution in [0.2, 0.25) is 0 Å². The molecule has 0 bridgehead atoms. The number of H-pyrrole nitrogens is 1. The van der Waals surface area contributed by atoms with Crippen LogP contribution >= 0.6 is 11.3 Å². The number of rotatable bonds is 5. The number of nitrogens with zero attached hydrogens (tertiary/aromatic N) is 2. The van der Waals surface area contributed by atoms with Crippen LogP contribution in [0.5, 0.6) is 0 Å². The Bertz CT molecular complexity index is 489. The van der Waals surface area contributed by atoms with E-state index in [1.54, 1.807) is 17.5 Å². The number of aromatic nitrogens is 3. The first-order valence-electron chi connectivity index (χ1n) is 6.31. The van der Waals surface area contributed by atoms with Gasteiger partial charge in [0.15, 0.2) is 0 Å². The molecule has 2 heterocycles. The minimum atomic E-state index is 0.261. The summed E-state index contributed by atoms with van der Waals surface area (Å²) in [5.41, 5.74) is 1.13. The van der Waals surface area contributed by atoms with Crippen LogP contribution in [-0.4, -0.2) is 15.0 Å². The summed E-state index contributed by atoms with van der Waals surface area (Å²) in [5.74, 6) is 1.00. The molecule has 0 amide bonds. The van der Waals surface area contributed by atoms with E-state index >= 15 is 0 Å². The van der Waals surface area contributed by atoms with Crippen molar-refractivity contribution in [1.29, 1.82) is 0 Å². The van der Waals surface area contributed by atoms with Gasteiger partial charge in [-0.05, 0) is 27.2 Å². The lowest BCUT2D eigenvalue weighted by atomic mass is 10.1. The SMILES string of the molecule is CCC(NC(C)c1sc(C)nc1C)c1ncc[nH]1. The van der Waals surface area contributed by atoms with Gasteiger partial charge in [0.2, 0.25) is 0 Å². The fourth-order valence-electron chi connectivity index (χ4n) is 2.18. The van der Waals surface area contributed by atoms with Crippen LogP contribution in [0.1, 0.15) is 53.8 Å². The van der Waals surface area contributed by atoms with Gasteiger partial charge in [0.05, 0.1) is 16.7 Å². The smallest absolute Gasteiger partial charge is 0.123 e. The molecule has 0 aliphatic heterocycles. The van der Waals surface area contributed by atoms with Crippen LogP contribution in [-0.2, 0) is 0 Å². The Labute approximate surface area is 112 Å². The van der Waals surface area contributed by atoms with Crippen LogP contribution in [0.25, 0.3) is 0 Å². The molecule has 0 radical (unpaired) electrons. The predicted octanol–water partition coefficient (Wildman–Crippen LogP) is 3.28. The Morgan fingerprint density at radius 2 is 2.22 bits per heavy atom. The van der Waals surface area contributed by atoms with E-state index in [2.05, 4.69) is 48.0 Å². The number of hydrogen-bond acceptors (Lipinski definition) is 4. The summed E-state index contributed by atoms with van der Waals surface area (Å²) in [4.78, 5) is 13.3. The van der Waals surface area contributed by atoms with E-state index < -0.39 is 0 Å². The van der Waals surface area contributed by atoms with E-state index in [1.165, 1.54) is 4.88 Å². The Morgan fingerprint density at radius 1 is 1.44 bits per heavy atom. The maximum Gasteiger partial charge on any atom is 0.123 e. The van der Waals surface area contributed by atoms with Crippen molar-refractivity contribution in [3.05, 3.63) is 33.8 Å². The minimum absolute atomic E-state index is 0.261. The summed E-state index contributed by atoms with van der Waals surface area (Å²) in [7, 11) is 0. The van der Waals surface area contributed by atoms with Crippen molar-refractivity contribution < 1.29 is 0 Å². The normalized spacial score (nSPS) is 14.7. The lowest BCUT2D eigenvalue weighted by molar-refractivity contribution is 0.444. The van der Waals surface area contributed by atoms with Crippen molar-refractivity contribution >= 4 is 11.3 Å². The monoisotopic (exact) mass is 264 g/mol. The van der Waals surface area contributed by atoms with Crippen molar-refractivity contribution in [1.82, 2.24) is 20.3 Å². The van der Waals surface area contributed by atoms with Crippen molar-refractivity contribution in [2.75, 3.05) is 0 Å². The van der Waals surface area contributed by atoms with Gasteiger partial charge in [-0.1, -0.05) is 6.92 Å². The second kappa shape index (κ2) is 5.63. The molecule has 2 aromatic rings. The van der Waals surface area contributed by atoms with Gasteiger partial charge in [0.25, 0.3) is 0 Å². The maximum atomic E-state index is 4.48. The van der Waals surface area contributed by atoms with Gasteiger partial charge in [-0.2, -0.15) is 0 Å². The zero-order chi connectivity index (χ0) is 13.1. The molecule has 4 nitrogen and oxygen atoms in total. The molecule has 0 aromatic carbocycles. The first-order valence-corrected chi connectivity index (χ1v) is 7.12. The Balaban J connectivity index is 2.10. The first kappa shape index (κ1) is 13.2. The van der Waals surface area contributed by atoms with Crippen molar-refractivity contribution in [3.8, 4) is 0 Å². The Hall–Kier alpha value is -1.20. The third-order valence-corrected chi connectivity index (χ3v) is 4.30. The van der Waals surface area contributed by atoms with E-state index in [-0.39, 0.29) is 6.04 Å². The van der Waals surface area contributed by atoms with E-state index in [0.717, 1.165) is 22.9 Å². The summed E-state index contributed by atoms with van der Waals surface area (Å²) in [6.07, 6.45) is 4.67. The van der Waals surface area contributed by atoms with Crippen LogP contribution in [0, 0.1) is 13.8 Å². The third kappa shape index (κ3) is 2.79. The molecule has 0 saturated heterocycles. The van der Waals surface area contributed by atoms with Crippen LogP contribution < -0.4 is 5.32 Å². The maximum absolute atomic E-state index is 4.48. The number of thiazole rings is 1. The van der Waals surface area contributed by atoms with E-state index in [4.69, 9.17) is 0 Å². The standard InChI is InChI=1S/C13H20N4S/c1-5-11(13-14-6-7-15-13)17-9(3)12-8(2)16-10(4)18-12/h6-7,9,11,17H,5H2,1-4H3,(H,14,15). The predicted molar refractivity (Wildman–Crippen MR) is 74.8 cm³/mol. The highest BCUT2D eigenvalue weighted by atomic mass is 32.1. The zero-order valence-electron chi connectivity index (χ0n) is 11.3. The van der Waals surface area contributed by atoms with Crippen LogP contribution in [0.15, 0.2) is 12.4 Å². The molecule has 2 N–H and O–H groups in total. The van der Waals surface area contributed by atoms with Crippen LogP contribution in [0.4, 0.5) is 0 Å². The molecule has 98 valence electrons. The molecular formula is C13H20N4S. The van der Waals surface area contributed by atoms with Crippen LogP contribution in [0.3, 0.4) is 0 Å². The summed E-state index contributed by atoms with van der Waals surface area (Å²) in [5, 5.41) is 4.74. The second-order valence-corrected chi connectivity index (χ2v) is 5.74.